The van der Waals surface area contributed by atoms with Crippen LogP contribution in [0, 0.1) is 5.82 Å². The minimum Gasteiger partial charge on any atom is -0.369 e. The quantitative estimate of drug-likeness (QED) is 0.894. The van der Waals surface area contributed by atoms with Crippen molar-refractivity contribution in [2.24, 2.45) is 0 Å². The molecule has 23 heavy (non-hydrogen) atoms. The molecule has 2 atom stereocenters. The molecule has 1 N–H and O–H groups in total. The van der Waals surface area contributed by atoms with E-state index in [1.165, 1.54) is 17.8 Å². The van der Waals surface area contributed by atoms with Crippen molar-refractivity contribution in [3.8, 4) is 0 Å². The number of nitrogens with zero attached hydrogens (tertiary/aromatic N) is 2. The molecule has 1 amide bonds. The molecular weight excluding hydrogens is 313 g/mol. The van der Waals surface area contributed by atoms with E-state index in [4.69, 9.17) is 0 Å². The maximum atomic E-state index is 13.8. The number of carbonyl (C=O) groups is 1. The number of piperazine rings is 1. The van der Waals surface area contributed by atoms with E-state index in [1.807, 2.05) is 26.2 Å². The first kappa shape index (κ1) is 18.1. The molecule has 0 spiro atoms. The summed E-state index contributed by atoms with van der Waals surface area (Å²) in [7, 11) is 2.11. The van der Waals surface area contributed by atoms with Crippen molar-refractivity contribution in [3.05, 3.63) is 29.6 Å². The molecule has 1 aromatic carbocycles. The van der Waals surface area contributed by atoms with Crippen LogP contribution in [-0.2, 0) is 4.79 Å². The molecule has 1 aliphatic heterocycles. The molecule has 128 valence electrons. The zero-order chi connectivity index (χ0) is 17.0. The number of hydrogen-bond donors (Lipinski definition) is 1. The number of hydrogen-bond acceptors (Lipinski definition) is 4. The maximum Gasteiger partial charge on any atom is 0.233 e. The summed E-state index contributed by atoms with van der Waals surface area (Å²) in [4.78, 5) is 16.7. The Labute approximate surface area is 142 Å². The molecule has 6 heteroatoms. The van der Waals surface area contributed by atoms with Crippen molar-refractivity contribution in [2.75, 3.05) is 44.4 Å². The predicted octanol–water partition coefficient (Wildman–Crippen LogP) is 2.51. The van der Waals surface area contributed by atoms with Crippen molar-refractivity contribution in [1.29, 1.82) is 0 Å². The number of nitrogens with one attached hydrogen (secondary N) is 1. The van der Waals surface area contributed by atoms with Gasteiger partial charge in [0.2, 0.25) is 5.91 Å². The molecule has 1 aliphatic rings. The Kier molecular flexibility index (Phi) is 6.30. The average Bonchev–Trinajstić information content (AvgIpc) is 2.54. The number of benzene rings is 1. The molecule has 0 unspecified atom stereocenters. The summed E-state index contributed by atoms with van der Waals surface area (Å²) in [6.07, 6.45) is 1.91. The van der Waals surface area contributed by atoms with Crippen LogP contribution in [0.1, 0.15) is 25.5 Å². The molecule has 0 aliphatic carbocycles. The van der Waals surface area contributed by atoms with E-state index in [2.05, 4.69) is 22.2 Å². The molecular formula is C17H26FN3OS. The lowest BCUT2D eigenvalue weighted by Crippen LogP contribution is -2.45. The van der Waals surface area contributed by atoms with Gasteiger partial charge in [0, 0.05) is 37.4 Å². The summed E-state index contributed by atoms with van der Waals surface area (Å²) in [5.41, 5.74) is 1.86. The van der Waals surface area contributed by atoms with E-state index >= 15 is 0 Å². The van der Waals surface area contributed by atoms with Crippen molar-refractivity contribution in [3.63, 3.8) is 0 Å². The summed E-state index contributed by atoms with van der Waals surface area (Å²) in [5.74, 6) is -0.282. The summed E-state index contributed by atoms with van der Waals surface area (Å²) in [6.45, 7) is 7.59. The molecule has 0 bridgehead atoms. The van der Waals surface area contributed by atoms with Crippen LogP contribution < -0.4 is 10.2 Å². The fourth-order valence-electron chi connectivity index (χ4n) is 2.72. The second-order valence-corrected chi connectivity index (χ2v) is 7.28. The standard InChI is InChI=1S/C17H26FN3OS/c1-12(19-17(22)13(2)23-4)15-11-14(18)5-6-16(15)21-9-7-20(3)8-10-21/h5-6,11-13H,7-10H2,1-4H3,(H,19,22)/t12-,13-/m0/s1. The van der Waals surface area contributed by atoms with Crippen LogP contribution in [-0.4, -0.2) is 55.5 Å². The van der Waals surface area contributed by atoms with Crippen molar-refractivity contribution < 1.29 is 9.18 Å². The number of thioether (sulfide) groups is 1. The van der Waals surface area contributed by atoms with E-state index in [0.717, 1.165) is 37.4 Å². The van der Waals surface area contributed by atoms with Gasteiger partial charge in [0.05, 0.1) is 11.3 Å². The van der Waals surface area contributed by atoms with Crippen molar-refractivity contribution >= 4 is 23.4 Å². The van der Waals surface area contributed by atoms with Crippen LogP contribution in [0.2, 0.25) is 0 Å². The van der Waals surface area contributed by atoms with E-state index < -0.39 is 0 Å². The molecule has 1 fully saturated rings. The van der Waals surface area contributed by atoms with Crippen LogP contribution >= 0.6 is 11.8 Å². The fraction of sp³-hybridized carbons (Fsp3) is 0.588. The second-order valence-electron chi connectivity index (χ2n) is 6.10. The van der Waals surface area contributed by atoms with Gasteiger partial charge in [0.15, 0.2) is 0 Å². The summed E-state index contributed by atoms with van der Waals surface area (Å²) < 4.78 is 13.8. The number of halogens is 1. The van der Waals surface area contributed by atoms with Crippen molar-refractivity contribution in [2.45, 2.75) is 25.1 Å². The number of likely N-dealkylation sites (N-methyl/N-ethyl adjacent to an activating group) is 1. The summed E-state index contributed by atoms with van der Waals surface area (Å²) in [6, 6.07) is 4.65. The summed E-state index contributed by atoms with van der Waals surface area (Å²) >= 11 is 1.50. The van der Waals surface area contributed by atoms with Gasteiger partial charge in [-0.25, -0.2) is 4.39 Å². The Morgan fingerprint density at radius 3 is 2.52 bits per heavy atom. The molecule has 1 saturated heterocycles. The maximum absolute atomic E-state index is 13.8. The first-order valence-electron chi connectivity index (χ1n) is 7.98. The van der Waals surface area contributed by atoms with Crippen LogP contribution in [0.5, 0.6) is 0 Å². The van der Waals surface area contributed by atoms with Gasteiger partial charge in [-0.3, -0.25) is 4.79 Å². The van der Waals surface area contributed by atoms with Crippen molar-refractivity contribution in [1.82, 2.24) is 10.2 Å². The Morgan fingerprint density at radius 1 is 1.26 bits per heavy atom. The largest absolute Gasteiger partial charge is 0.369 e. The highest BCUT2D eigenvalue weighted by molar-refractivity contribution is 7.99. The van der Waals surface area contributed by atoms with Gasteiger partial charge in [0.1, 0.15) is 5.82 Å². The van der Waals surface area contributed by atoms with E-state index in [0.29, 0.717) is 0 Å². The monoisotopic (exact) mass is 339 g/mol. The third-order valence-corrected chi connectivity index (χ3v) is 5.30. The van der Waals surface area contributed by atoms with Gasteiger partial charge in [0.25, 0.3) is 0 Å². The Hall–Kier alpha value is -1.27. The molecule has 0 radical (unpaired) electrons. The normalized spacial score (nSPS) is 18.6. The van der Waals surface area contributed by atoms with E-state index in [-0.39, 0.29) is 23.0 Å². The third-order valence-electron chi connectivity index (χ3n) is 4.38. The lowest BCUT2D eigenvalue weighted by atomic mass is 10.0. The third kappa shape index (κ3) is 4.61. The zero-order valence-electron chi connectivity index (χ0n) is 14.3. The number of rotatable bonds is 5. The topological polar surface area (TPSA) is 35.6 Å². The van der Waals surface area contributed by atoms with Gasteiger partial charge in [-0.1, -0.05) is 0 Å². The number of carbonyl (C=O) groups excluding carboxylic acids is 1. The highest BCUT2D eigenvalue weighted by Gasteiger charge is 2.22. The first-order chi connectivity index (χ1) is 10.9. The van der Waals surface area contributed by atoms with Crippen LogP contribution in [0.25, 0.3) is 0 Å². The Balaban J connectivity index is 2.19. The van der Waals surface area contributed by atoms with Gasteiger partial charge in [-0.15, -0.1) is 0 Å². The molecule has 2 rings (SSSR count). The van der Waals surface area contributed by atoms with Crippen LogP contribution in [0.3, 0.4) is 0 Å². The van der Waals surface area contributed by atoms with Gasteiger partial charge < -0.3 is 15.1 Å². The molecule has 4 nitrogen and oxygen atoms in total. The number of anilines is 1. The Bertz CT molecular complexity index is 547. The first-order valence-corrected chi connectivity index (χ1v) is 9.27. The van der Waals surface area contributed by atoms with Gasteiger partial charge in [-0.05, 0) is 45.4 Å². The molecule has 0 aromatic heterocycles. The molecule has 1 aromatic rings. The highest BCUT2D eigenvalue weighted by Crippen LogP contribution is 2.28. The lowest BCUT2D eigenvalue weighted by molar-refractivity contribution is -0.120. The van der Waals surface area contributed by atoms with Crippen LogP contribution in [0.4, 0.5) is 10.1 Å². The minimum atomic E-state index is -0.267. The average molecular weight is 339 g/mol. The Morgan fingerprint density at radius 2 is 1.91 bits per heavy atom. The highest BCUT2D eigenvalue weighted by atomic mass is 32.2. The SMILES string of the molecule is CS[C@@H](C)C(=O)N[C@@H](C)c1cc(F)ccc1N1CCN(C)CC1. The molecule has 1 heterocycles. The van der Waals surface area contributed by atoms with Gasteiger partial charge >= 0.3 is 0 Å². The zero-order valence-corrected chi connectivity index (χ0v) is 15.1. The van der Waals surface area contributed by atoms with E-state index in [1.54, 1.807) is 6.07 Å². The second kappa shape index (κ2) is 8.02. The van der Waals surface area contributed by atoms with E-state index in [9.17, 15) is 9.18 Å². The van der Waals surface area contributed by atoms with Gasteiger partial charge in [-0.2, -0.15) is 11.8 Å². The smallest absolute Gasteiger partial charge is 0.233 e. The molecule has 0 saturated carbocycles. The predicted molar refractivity (Wildman–Crippen MR) is 95.6 cm³/mol. The fourth-order valence-corrected chi connectivity index (χ4v) is 3.01. The number of amides is 1. The minimum absolute atomic E-state index is 0.0152. The van der Waals surface area contributed by atoms with Crippen LogP contribution in [0.15, 0.2) is 18.2 Å². The lowest BCUT2D eigenvalue weighted by Gasteiger charge is -2.36. The summed E-state index contributed by atoms with van der Waals surface area (Å²) in [5, 5.41) is 2.89.